The van der Waals surface area contributed by atoms with Crippen molar-refractivity contribution in [3.63, 3.8) is 0 Å². The van der Waals surface area contributed by atoms with Gasteiger partial charge in [0.2, 0.25) is 0 Å². The summed E-state index contributed by atoms with van der Waals surface area (Å²) in [6.45, 7) is 2.89. The van der Waals surface area contributed by atoms with E-state index in [0.29, 0.717) is 12.5 Å². The van der Waals surface area contributed by atoms with Crippen molar-refractivity contribution >= 4 is 0 Å². The summed E-state index contributed by atoms with van der Waals surface area (Å²) in [7, 11) is 0. The lowest BCUT2D eigenvalue weighted by atomic mass is 9.93. The molecule has 0 spiro atoms. The second-order valence-corrected chi connectivity index (χ2v) is 5.90. The number of hydrogen-bond donors (Lipinski definition) is 0. The van der Waals surface area contributed by atoms with E-state index < -0.39 is 11.6 Å². The molecule has 1 unspecified atom stereocenters. The maximum atomic E-state index is 13.3. The number of rotatable bonds is 3. The summed E-state index contributed by atoms with van der Waals surface area (Å²) in [5.74, 6) is -1.12. The number of ether oxygens (including phenoxy) is 1. The molecule has 3 rings (SSSR count). The largest absolute Gasteiger partial charge is 0.373 e. The minimum absolute atomic E-state index is 0.189. The standard InChI is InChI=1S/C17H20F2O/c1-2-3-11-4-5-17(20-10-11)14-6-12-8-15(18)16(19)9-13(12)7-14/h4,8-9,14,17H,2-3,5-7,10H2,1H3. The van der Waals surface area contributed by atoms with Crippen molar-refractivity contribution in [3.05, 3.63) is 46.5 Å². The van der Waals surface area contributed by atoms with Crippen molar-refractivity contribution in [2.75, 3.05) is 6.61 Å². The average Bonchev–Trinajstić information content (AvgIpc) is 2.83. The molecule has 1 aliphatic heterocycles. The Hall–Kier alpha value is -1.22. The third kappa shape index (κ3) is 2.64. The molecule has 1 heterocycles. The van der Waals surface area contributed by atoms with Gasteiger partial charge in [0.15, 0.2) is 11.6 Å². The van der Waals surface area contributed by atoms with Crippen LogP contribution in [0.2, 0.25) is 0 Å². The molecule has 1 atom stereocenters. The van der Waals surface area contributed by atoms with E-state index in [0.717, 1.165) is 43.2 Å². The lowest BCUT2D eigenvalue weighted by molar-refractivity contribution is 0.0205. The number of halogens is 2. The molecule has 0 N–H and O–H groups in total. The van der Waals surface area contributed by atoms with Crippen LogP contribution in [0.5, 0.6) is 0 Å². The summed E-state index contributed by atoms with van der Waals surface area (Å²) in [6, 6.07) is 2.71. The predicted octanol–water partition coefficient (Wildman–Crippen LogP) is 4.20. The van der Waals surface area contributed by atoms with E-state index in [9.17, 15) is 8.78 Å². The summed E-state index contributed by atoms with van der Waals surface area (Å²) in [6.07, 6.45) is 7.26. The summed E-state index contributed by atoms with van der Waals surface area (Å²) in [5.41, 5.74) is 3.28. The van der Waals surface area contributed by atoms with Crippen molar-refractivity contribution in [2.45, 2.75) is 45.1 Å². The first-order valence-corrected chi connectivity index (χ1v) is 7.43. The quantitative estimate of drug-likeness (QED) is 0.753. The van der Waals surface area contributed by atoms with E-state index >= 15 is 0 Å². The molecule has 1 nitrogen and oxygen atoms in total. The Kier molecular flexibility index (Phi) is 3.88. The van der Waals surface area contributed by atoms with Crippen molar-refractivity contribution in [1.82, 2.24) is 0 Å². The van der Waals surface area contributed by atoms with Gasteiger partial charge in [0.25, 0.3) is 0 Å². The molecule has 1 aliphatic carbocycles. The molecule has 0 amide bonds. The molecule has 20 heavy (non-hydrogen) atoms. The van der Waals surface area contributed by atoms with Crippen LogP contribution < -0.4 is 0 Å². The third-order valence-corrected chi connectivity index (χ3v) is 4.43. The molecule has 1 aromatic rings. The molecule has 0 fully saturated rings. The number of benzene rings is 1. The van der Waals surface area contributed by atoms with Crippen LogP contribution in [0.25, 0.3) is 0 Å². The highest BCUT2D eigenvalue weighted by Gasteiger charge is 2.31. The molecule has 1 aromatic carbocycles. The Labute approximate surface area is 118 Å². The van der Waals surface area contributed by atoms with E-state index in [2.05, 4.69) is 13.0 Å². The van der Waals surface area contributed by atoms with Gasteiger partial charge in [-0.25, -0.2) is 8.78 Å². The number of fused-ring (bicyclic) bond motifs is 1. The van der Waals surface area contributed by atoms with Crippen LogP contribution in [0, 0.1) is 17.6 Å². The topological polar surface area (TPSA) is 9.23 Å². The van der Waals surface area contributed by atoms with Gasteiger partial charge >= 0.3 is 0 Å². The first-order valence-electron chi connectivity index (χ1n) is 7.43. The van der Waals surface area contributed by atoms with Crippen LogP contribution in [-0.4, -0.2) is 12.7 Å². The fourth-order valence-electron chi connectivity index (χ4n) is 3.36. The molecule has 0 bridgehead atoms. The van der Waals surface area contributed by atoms with Gasteiger partial charge < -0.3 is 4.74 Å². The van der Waals surface area contributed by atoms with Crippen LogP contribution >= 0.6 is 0 Å². The monoisotopic (exact) mass is 278 g/mol. The highest BCUT2D eigenvalue weighted by atomic mass is 19.2. The molecule has 108 valence electrons. The molecular weight excluding hydrogens is 258 g/mol. The van der Waals surface area contributed by atoms with Crippen molar-refractivity contribution in [1.29, 1.82) is 0 Å². The fourth-order valence-corrected chi connectivity index (χ4v) is 3.36. The molecule has 2 aliphatic rings. The Bertz CT molecular complexity index is 505. The van der Waals surface area contributed by atoms with Crippen LogP contribution in [-0.2, 0) is 17.6 Å². The van der Waals surface area contributed by atoms with Crippen LogP contribution in [0.4, 0.5) is 8.78 Å². The van der Waals surface area contributed by atoms with Gasteiger partial charge in [-0.1, -0.05) is 19.4 Å². The average molecular weight is 278 g/mol. The zero-order chi connectivity index (χ0) is 14.1. The smallest absolute Gasteiger partial charge is 0.159 e. The van der Waals surface area contributed by atoms with E-state index in [1.165, 1.54) is 17.7 Å². The Morgan fingerprint density at radius 1 is 1.15 bits per heavy atom. The van der Waals surface area contributed by atoms with Crippen LogP contribution in [0.3, 0.4) is 0 Å². The molecular formula is C17H20F2O. The van der Waals surface area contributed by atoms with Gasteiger partial charge in [-0.3, -0.25) is 0 Å². The van der Waals surface area contributed by atoms with Gasteiger partial charge in [0.1, 0.15) is 0 Å². The van der Waals surface area contributed by atoms with Crippen LogP contribution in [0.15, 0.2) is 23.8 Å². The maximum Gasteiger partial charge on any atom is 0.159 e. The van der Waals surface area contributed by atoms with E-state index in [1.807, 2.05) is 0 Å². The second-order valence-electron chi connectivity index (χ2n) is 5.90. The van der Waals surface area contributed by atoms with Crippen molar-refractivity contribution < 1.29 is 13.5 Å². The zero-order valence-electron chi connectivity index (χ0n) is 11.8. The third-order valence-electron chi connectivity index (χ3n) is 4.43. The lowest BCUT2D eigenvalue weighted by Crippen LogP contribution is -2.28. The van der Waals surface area contributed by atoms with Gasteiger partial charge in [0.05, 0.1) is 12.7 Å². The Balaban J connectivity index is 1.67. The molecule has 0 radical (unpaired) electrons. The van der Waals surface area contributed by atoms with Crippen molar-refractivity contribution in [2.24, 2.45) is 5.92 Å². The zero-order valence-corrected chi connectivity index (χ0v) is 11.8. The fraction of sp³-hybridized carbons (Fsp3) is 0.529. The minimum atomic E-state index is -0.737. The van der Waals surface area contributed by atoms with Crippen LogP contribution in [0.1, 0.15) is 37.3 Å². The predicted molar refractivity (Wildman–Crippen MR) is 74.6 cm³/mol. The van der Waals surface area contributed by atoms with Crippen molar-refractivity contribution in [3.8, 4) is 0 Å². The summed E-state index contributed by atoms with van der Waals surface area (Å²) in [5, 5.41) is 0. The first kappa shape index (κ1) is 13.7. The summed E-state index contributed by atoms with van der Waals surface area (Å²) < 4.78 is 32.5. The maximum absolute atomic E-state index is 13.3. The van der Waals surface area contributed by atoms with E-state index in [4.69, 9.17) is 4.74 Å². The second kappa shape index (κ2) is 5.65. The highest BCUT2D eigenvalue weighted by Crippen LogP contribution is 2.34. The van der Waals surface area contributed by atoms with Gasteiger partial charge in [-0.15, -0.1) is 0 Å². The number of hydrogen-bond acceptors (Lipinski definition) is 1. The van der Waals surface area contributed by atoms with E-state index in [1.54, 1.807) is 0 Å². The summed E-state index contributed by atoms with van der Waals surface area (Å²) in [4.78, 5) is 0. The SMILES string of the molecule is CCCC1=CCC(C2Cc3cc(F)c(F)cc3C2)OC1. The molecule has 0 saturated carbocycles. The van der Waals surface area contributed by atoms with Gasteiger partial charge in [0, 0.05) is 0 Å². The highest BCUT2D eigenvalue weighted by molar-refractivity contribution is 5.34. The molecule has 3 heteroatoms. The van der Waals surface area contributed by atoms with Gasteiger partial charge in [-0.2, -0.15) is 0 Å². The molecule has 0 aromatic heterocycles. The normalized spacial score (nSPS) is 22.8. The Morgan fingerprint density at radius 3 is 2.30 bits per heavy atom. The minimum Gasteiger partial charge on any atom is -0.373 e. The Morgan fingerprint density at radius 2 is 1.80 bits per heavy atom. The van der Waals surface area contributed by atoms with E-state index in [-0.39, 0.29) is 6.10 Å². The summed E-state index contributed by atoms with van der Waals surface area (Å²) >= 11 is 0. The molecule has 0 saturated heterocycles. The first-order chi connectivity index (χ1) is 9.67. The lowest BCUT2D eigenvalue weighted by Gasteiger charge is -2.27. The van der Waals surface area contributed by atoms with Gasteiger partial charge in [-0.05, 0) is 60.4 Å².